The minimum atomic E-state index is -0.226. The number of anilines is 1. The first-order valence-corrected chi connectivity index (χ1v) is 6.44. The van der Waals surface area contributed by atoms with Crippen LogP contribution in [0.4, 0.5) is 10.2 Å². The van der Waals surface area contributed by atoms with Gasteiger partial charge in [0.05, 0.1) is 16.7 Å². The number of hydrogen-bond acceptors (Lipinski definition) is 3. The van der Waals surface area contributed by atoms with Crippen LogP contribution in [0.2, 0.25) is 0 Å². The van der Waals surface area contributed by atoms with E-state index in [0.717, 1.165) is 28.1 Å². The monoisotopic (exact) mass is 267 g/mol. The average Bonchev–Trinajstić information content (AvgIpc) is 2.47. The minimum absolute atomic E-state index is 0.226. The van der Waals surface area contributed by atoms with Crippen LogP contribution in [0.3, 0.4) is 0 Å². The first-order valence-electron chi connectivity index (χ1n) is 6.44. The average molecular weight is 267 g/mol. The molecule has 0 radical (unpaired) electrons. The molecule has 0 saturated carbocycles. The van der Waals surface area contributed by atoms with Crippen LogP contribution in [-0.4, -0.2) is 9.97 Å². The predicted molar refractivity (Wildman–Crippen MR) is 78.0 cm³/mol. The zero-order chi connectivity index (χ0) is 13.9. The highest BCUT2D eigenvalue weighted by Crippen LogP contribution is 2.16. The second-order valence-corrected chi connectivity index (χ2v) is 4.63. The van der Waals surface area contributed by atoms with Gasteiger partial charge in [0.15, 0.2) is 0 Å². The lowest BCUT2D eigenvalue weighted by Gasteiger charge is -2.09. The van der Waals surface area contributed by atoms with Crippen LogP contribution < -0.4 is 5.32 Å². The first-order chi connectivity index (χ1) is 9.72. The number of hydrogen-bond donors (Lipinski definition) is 1. The van der Waals surface area contributed by atoms with Crippen molar-refractivity contribution < 1.29 is 4.39 Å². The molecule has 0 bridgehead atoms. The number of nitrogens with one attached hydrogen (secondary N) is 1. The van der Waals surface area contributed by atoms with Gasteiger partial charge in [0.25, 0.3) is 0 Å². The summed E-state index contributed by atoms with van der Waals surface area (Å²) in [6, 6.07) is 14.2. The summed E-state index contributed by atoms with van der Waals surface area (Å²) in [5.74, 6) is 0.531. The summed E-state index contributed by atoms with van der Waals surface area (Å²) in [5.41, 5.74) is 3.60. The van der Waals surface area contributed by atoms with E-state index in [9.17, 15) is 4.39 Å². The van der Waals surface area contributed by atoms with Gasteiger partial charge in [0, 0.05) is 6.54 Å². The Morgan fingerprint density at radius 3 is 2.30 bits per heavy atom. The number of benzene rings is 2. The number of halogens is 1. The van der Waals surface area contributed by atoms with Crippen LogP contribution >= 0.6 is 0 Å². The molecule has 0 aliphatic carbocycles. The number of rotatable bonds is 3. The second-order valence-electron chi connectivity index (χ2n) is 4.63. The summed E-state index contributed by atoms with van der Waals surface area (Å²) >= 11 is 0. The maximum atomic E-state index is 12.8. The van der Waals surface area contributed by atoms with Gasteiger partial charge in [0.2, 0.25) is 0 Å². The van der Waals surface area contributed by atoms with E-state index in [2.05, 4.69) is 15.3 Å². The van der Waals surface area contributed by atoms with E-state index in [1.54, 1.807) is 12.1 Å². The Morgan fingerprint density at radius 2 is 1.60 bits per heavy atom. The van der Waals surface area contributed by atoms with Crippen molar-refractivity contribution in [2.75, 3.05) is 5.32 Å². The van der Waals surface area contributed by atoms with Crippen molar-refractivity contribution in [1.82, 2.24) is 9.97 Å². The molecule has 0 unspecified atom stereocenters. The van der Waals surface area contributed by atoms with Gasteiger partial charge in [-0.1, -0.05) is 24.3 Å². The van der Waals surface area contributed by atoms with E-state index in [4.69, 9.17) is 0 Å². The molecule has 3 aromatic rings. The maximum absolute atomic E-state index is 12.8. The Hall–Kier alpha value is -2.49. The van der Waals surface area contributed by atoms with E-state index in [1.807, 2.05) is 31.2 Å². The largest absolute Gasteiger partial charge is 0.364 e. The molecule has 20 heavy (non-hydrogen) atoms. The number of aromatic nitrogens is 2. The molecule has 0 saturated heterocycles. The molecule has 0 aliphatic heterocycles. The second kappa shape index (κ2) is 5.25. The molecule has 2 aromatic carbocycles. The van der Waals surface area contributed by atoms with Crippen molar-refractivity contribution in [3.8, 4) is 0 Å². The van der Waals surface area contributed by atoms with Crippen LogP contribution in [0.5, 0.6) is 0 Å². The minimum Gasteiger partial charge on any atom is -0.364 e. The molecule has 0 fully saturated rings. The number of fused-ring (bicyclic) bond motifs is 1. The van der Waals surface area contributed by atoms with Gasteiger partial charge in [-0.25, -0.2) is 14.4 Å². The highest BCUT2D eigenvalue weighted by atomic mass is 19.1. The fraction of sp³-hybridized carbons (Fsp3) is 0.125. The highest BCUT2D eigenvalue weighted by molar-refractivity contribution is 5.76. The summed E-state index contributed by atoms with van der Waals surface area (Å²) < 4.78 is 12.8. The van der Waals surface area contributed by atoms with Gasteiger partial charge in [-0.2, -0.15) is 0 Å². The van der Waals surface area contributed by atoms with Crippen LogP contribution in [0.25, 0.3) is 11.0 Å². The third-order valence-electron chi connectivity index (χ3n) is 3.12. The lowest BCUT2D eigenvalue weighted by Crippen LogP contribution is -2.05. The molecular weight excluding hydrogens is 253 g/mol. The van der Waals surface area contributed by atoms with Gasteiger partial charge >= 0.3 is 0 Å². The summed E-state index contributed by atoms with van der Waals surface area (Å²) in [6.07, 6.45) is 0. The van der Waals surface area contributed by atoms with Crippen LogP contribution in [0.1, 0.15) is 11.3 Å². The van der Waals surface area contributed by atoms with Gasteiger partial charge in [-0.15, -0.1) is 0 Å². The molecule has 0 amide bonds. The van der Waals surface area contributed by atoms with E-state index in [0.29, 0.717) is 6.54 Å². The molecule has 4 heteroatoms. The van der Waals surface area contributed by atoms with Crippen molar-refractivity contribution in [1.29, 1.82) is 0 Å². The van der Waals surface area contributed by atoms with Crippen LogP contribution in [0.15, 0.2) is 48.5 Å². The summed E-state index contributed by atoms with van der Waals surface area (Å²) in [6.45, 7) is 2.51. The van der Waals surface area contributed by atoms with Crippen molar-refractivity contribution in [2.45, 2.75) is 13.5 Å². The normalized spacial score (nSPS) is 10.7. The Morgan fingerprint density at radius 1 is 0.950 bits per heavy atom. The van der Waals surface area contributed by atoms with Crippen LogP contribution in [0, 0.1) is 12.7 Å². The molecular formula is C16H14FN3. The first kappa shape index (κ1) is 12.5. The standard InChI is InChI=1S/C16H14FN3/c1-11-16(18-10-12-6-8-13(17)9-7-12)20-15-5-3-2-4-14(15)19-11/h2-9H,10H2,1H3,(H,18,20). The highest BCUT2D eigenvalue weighted by Gasteiger charge is 2.04. The molecule has 0 aliphatic rings. The van der Waals surface area contributed by atoms with Gasteiger partial charge < -0.3 is 5.32 Å². The topological polar surface area (TPSA) is 37.8 Å². The van der Waals surface area contributed by atoms with E-state index in [1.165, 1.54) is 12.1 Å². The summed E-state index contributed by atoms with van der Waals surface area (Å²) in [4.78, 5) is 9.08. The Balaban J connectivity index is 1.83. The third kappa shape index (κ3) is 2.59. The van der Waals surface area contributed by atoms with E-state index in [-0.39, 0.29) is 5.82 Å². The van der Waals surface area contributed by atoms with Crippen molar-refractivity contribution in [3.05, 3.63) is 65.6 Å². The van der Waals surface area contributed by atoms with Crippen LogP contribution in [-0.2, 0) is 6.54 Å². The lowest BCUT2D eigenvalue weighted by molar-refractivity contribution is 0.627. The lowest BCUT2D eigenvalue weighted by atomic mass is 10.2. The maximum Gasteiger partial charge on any atom is 0.148 e. The fourth-order valence-electron chi connectivity index (χ4n) is 2.04. The molecule has 3 rings (SSSR count). The van der Waals surface area contributed by atoms with Gasteiger partial charge in [-0.3, -0.25) is 0 Å². The molecule has 0 spiro atoms. The Kier molecular flexibility index (Phi) is 3.29. The van der Waals surface area contributed by atoms with Gasteiger partial charge in [-0.05, 0) is 36.8 Å². The quantitative estimate of drug-likeness (QED) is 0.786. The fourth-order valence-corrected chi connectivity index (χ4v) is 2.04. The van der Waals surface area contributed by atoms with Crippen molar-refractivity contribution in [3.63, 3.8) is 0 Å². The molecule has 3 nitrogen and oxygen atoms in total. The summed E-state index contributed by atoms with van der Waals surface area (Å²) in [5, 5.41) is 3.24. The van der Waals surface area contributed by atoms with Crippen molar-refractivity contribution in [2.24, 2.45) is 0 Å². The number of aryl methyl sites for hydroxylation is 1. The van der Waals surface area contributed by atoms with Gasteiger partial charge in [0.1, 0.15) is 11.6 Å². The Labute approximate surface area is 116 Å². The third-order valence-corrected chi connectivity index (χ3v) is 3.12. The smallest absolute Gasteiger partial charge is 0.148 e. The molecule has 1 N–H and O–H groups in total. The zero-order valence-electron chi connectivity index (χ0n) is 11.1. The SMILES string of the molecule is Cc1nc2ccccc2nc1NCc1ccc(F)cc1. The molecule has 100 valence electrons. The van der Waals surface area contributed by atoms with Crippen molar-refractivity contribution >= 4 is 16.9 Å². The number of nitrogens with zero attached hydrogens (tertiary/aromatic N) is 2. The molecule has 1 heterocycles. The van der Waals surface area contributed by atoms with E-state index < -0.39 is 0 Å². The van der Waals surface area contributed by atoms with E-state index >= 15 is 0 Å². The summed E-state index contributed by atoms with van der Waals surface area (Å²) in [7, 11) is 0. The predicted octanol–water partition coefficient (Wildman–Crippen LogP) is 3.69. The Bertz CT molecular complexity index is 738. The number of para-hydroxylation sites is 2. The molecule has 1 aromatic heterocycles. The molecule has 0 atom stereocenters. The zero-order valence-corrected chi connectivity index (χ0v) is 11.1.